The number of imidazole rings is 1. The maximum Gasteiger partial charge on any atom is 0.332 e. The van der Waals surface area contributed by atoms with E-state index in [0.29, 0.717) is 18.3 Å². The molecular formula is C13H21N5O3. The Morgan fingerprint density at radius 2 is 2.00 bits per heavy atom. The van der Waals surface area contributed by atoms with E-state index in [0.717, 1.165) is 17.5 Å². The van der Waals surface area contributed by atoms with Crippen LogP contribution in [0.5, 0.6) is 6.01 Å². The molecule has 0 atom stereocenters. The van der Waals surface area contributed by atoms with Crippen molar-refractivity contribution in [2.75, 3.05) is 13.2 Å². The van der Waals surface area contributed by atoms with E-state index in [2.05, 4.69) is 29.1 Å². The van der Waals surface area contributed by atoms with Crippen LogP contribution in [0.4, 0.5) is 0 Å². The molecule has 8 nitrogen and oxygen atoms in total. The van der Waals surface area contributed by atoms with Gasteiger partial charge >= 0.3 is 5.69 Å². The fourth-order valence-electron chi connectivity index (χ4n) is 2.00. The molecule has 0 aliphatic carbocycles. The standard InChI is InChI=1S/C13H21N5O3/c1-8(2)14-6-5-7-21-12-15-9-10(16-12)17(3)13(20)18(4)11(9)19/h8,14H,5-7H2,1-4H3,(H,15,16). The molecule has 0 saturated carbocycles. The molecule has 2 aromatic rings. The van der Waals surface area contributed by atoms with Crippen molar-refractivity contribution in [3.63, 3.8) is 0 Å². The van der Waals surface area contributed by atoms with Gasteiger partial charge in [-0.25, -0.2) is 4.79 Å². The molecule has 2 rings (SSSR count). The summed E-state index contributed by atoms with van der Waals surface area (Å²) in [6.07, 6.45) is 0.826. The molecule has 0 aliphatic rings. The SMILES string of the molecule is CC(C)NCCCOc1nc2c([nH]1)c(=O)n(C)c(=O)n2C. The summed E-state index contributed by atoms with van der Waals surface area (Å²) in [4.78, 5) is 30.8. The lowest BCUT2D eigenvalue weighted by Crippen LogP contribution is -2.36. The third-order valence-corrected chi connectivity index (χ3v) is 3.19. The Bertz CT molecular complexity index is 741. The fraction of sp³-hybridized carbons (Fsp3) is 0.615. The number of aromatic nitrogens is 4. The predicted octanol–water partition coefficient (Wildman–Crippen LogP) is -0.273. The quantitative estimate of drug-likeness (QED) is 0.715. The number of aryl methyl sites for hydroxylation is 1. The zero-order valence-electron chi connectivity index (χ0n) is 12.8. The Morgan fingerprint density at radius 3 is 2.67 bits per heavy atom. The number of hydrogen-bond acceptors (Lipinski definition) is 5. The average molecular weight is 295 g/mol. The minimum Gasteiger partial charge on any atom is -0.465 e. The summed E-state index contributed by atoms with van der Waals surface area (Å²) in [6, 6.07) is 0.696. The second-order valence-electron chi connectivity index (χ2n) is 5.26. The van der Waals surface area contributed by atoms with Crippen molar-refractivity contribution >= 4 is 11.2 Å². The van der Waals surface area contributed by atoms with E-state index < -0.39 is 11.2 Å². The van der Waals surface area contributed by atoms with E-state index in [1.54, 1.807) is 7.05 Å². The van der Waals surface area contributed by atoms with Crippen LogP contribution < -0.4 is 21.3 Å². The summed E-state index contributed by atoms with van der Waals surface area (Å²) in [5.74, 6) is 0. The maximum absolute atomic E-state index is 12.0. The Hall–Kier alpha value is -2.09. The lowest BCUT2D eigenvalue weighted by atomic mass is 10.3. The topological polar surface area (TPSA) is 93.9 Å². The van der Waals surface area contributed by atoms with Crippen LogP contribution in [0.3, 0.4) is 0 Å². The predicted molar refractivity (Wildman–Crippen MR) is 79.8 cm³/mol. The van der Waals surface area contributed by atoms with Gasteiger partial charge in [0.1, 0.15) is 0 Å². The van der Waals surface area contributed by atoms with Gasteiger partial charge in [0.25, 0.3) is 11.6 Å². The molecule has 2 N–H and O–H groups in total. The van der Waals surface area contributed by atoms with Crippen molar-refractivity contribution in [1.82, 2.24) is 24.4 Å². The van der Waals surface area contributed by atoms with Gasteiger partial charge in [0.05, 0.1) is 6.61 Å². The second kappa shape index (κ2) is 6.13. The number of nitrogens with zero attached hydrogens (tertiary/aromatic N) is 3. The van der Waals surface area contributed by atoms with Crippen molar-refractivity contribution in [2.24, 2.45) is 14.1 Å². The first-order valence-corrected chi connectivity index (χ1v) is 6.93. The molecule has 0 fully saturated rings. The Morgan fingerprint density at radius 1 is 1.29 bits per heavy atom. The highest BCUT2D eigenvalue weighted by atomic mass is 16.5. The van der Waals surface area contributed by atoms with Gasteiger partial charge in [-0.05, 0) is 13.0 Å². The van der Waals surface area contributed by atoms with Gasteiger partial charge in [-0.1, -0.05) is 13.8 Å². The van der Waals surface area contributed by atoms with Crippen LogP contribution in [0.2, 0.25) is 0 Å². The van der Waals surface area contributed by atoms with E-state index in [1.165, 1.54) is 11.6 Å². The molecule has 21 heavy (non-hydrogen) atoms. The van der Waals surface area contributed by atoms with Gasteiger partial charge in [-0.3, -0.25) is 13.9 Å². The first kappa shape index (κ1) is 15.3. The second-order valence-corrected chi connectivity index (χ2v) is 5.26. The van der Waals surface area contributed by atoms with Crippen molar-refractivity contribution in [3.05, 3.63) is 20.8 Å². The van der Waals surface area contributed by atoms with Crippen LogP contribution in [-0.2, 0) is 14.1 Å². The molecule has 0 amide bonds. The molecule has 0 spiro atoms. The van der Waals surface area contributed by atoms with E-state index >= 15 is 0 Å². The van der Waals surface area contributed by atoms with Crippen LogP contribution >= 0.6 is 0 Å². The molecule has 116 valence electrons. The highest BCUT2D eigenvalue weighted by Crippen LogP contribution is 2.10. The Labute approximate surface area is 121 Å². The molecular weight excluding hydrogens is 274 g/mol. The van der Waals surface area contributed by atoms with Crippen LogP contribution in [-0.4, -0.2) is 38.3 Å². The van der Waals surface area contributed by atoms with Gasteiger partial charge < -0.3 is 15.0 Å². The van der Waals surface area contributed by atoms with Crippen molar-refractivity contribution in [2.45, 2.75) is 26.3 Å². The zero-order valence-corrected chi connectivity index (χ0v) is 12.8. The molecule has 0 aromatic carbocycles. The number of rotatable bonds is 6. The number of hydrogen-bond donors (Lipinski definition) is 2. The monoisotopic (exact) mass is 295 g/mol. The summed E-state index contributed by atoms with van der Waals surface area (Å²) in [7, 11) is 3.00. The minimum absolute atomic E-state index is 0.257. The molecule has 0 aliphatic heterocycles. The summed E-state index contributed by atoms with van der Waals surface area (Å²) in [5, 5.41) is 3.28. The van der Waals surface area contributed by atoms with E-state index in [9.17, 15) is 9.59 Å². The molecule has 2 aromatic heterocycles. The lowest BCUT2D eigenvalue weighted by molar-refractivity contribution is 0.286. The smallest absolute Gasteiger partial charge is 0.332 e. The van der Waals surface area contributed by atoms with E-state index in [-0.39, 0.29) is 11.5 Å². The van der Waals surface area contributed by atoms with E-state index in [1.807, 2.05) is 0 Å². The Balaban J connectivity index is 2.13. The van der Waals surface area contributed by atoms with Gasteiger partial charge in [0, 0.05) is 20.1 Å². The number of fused-ring (bicyclic) bond motifs is 1. The summed E-state index contributed by atoms with van der Waals surface area (Å²) in [6.45, 7) is 5.48. The third-order valence-electron chi connectivity index (χ3n) is 3.19. The number of aromatic amines is 1. The molecule has 0 radical (unpaired) electrons. The van der Waals surface area contributed by atoms with Crippen LogP contribution in [0.25, 0.3) is 11.2 Å². The van der Waals surface area contributed by atoms with Crippen molar-refractivity contribution in [1.29, 1.82) is 0 Å². The summed E-state index contributed by atoms with van der Waals surface area (Å²) in [5.41, 5.74) is -0.239. The van der Waals surface area contributed by atoms with E-state index in [4.69, 9.17) is 4.74 Å². The molecule has 2 heterocycles. The number of nitrogens with one attached hydrogen (secondary N) is 2. The lowest BCUT2D eigenvalue weighted by Gasteiger charge is -2.07. The fourth-order valence-corrected chi connectivity index (χ4v) is 2.00. The average Bonchev–Trinajstić information content (AvgIpc) is 2.86. The normalized spacial score (nSPS) is 11.5. The van der Waals surface area contributed by atoms with Crippen molar-refractivity contribution < 1.29 is 4.74 Å². The summed E-state index contributed by atoms with van der Waals surface area (Å²) >= 11 is 0. The summed E-state index contributed by atoms with van der Waals surface area (Å²) < 4.78 is 7.85. The van der Waals surface area contributed by atoms with Crippen LogP contribution in [0.15, 0.2) is 9.59 Å². The first-order chi connectivity index (χ1) is 9.91. The van der Waals surface area contributed by atoms with Crippen LogP contribution in [0, 0.1) is 0 Å². The zero-order chi connectivity index (χ0) is 15.6. The highest BCUT2D eigenvalue weighted by molar-refractivity contribution is 5.70. The minimum atomic E-state index is -0.410. The molecule has 0 saturated heterocycles. The molecule has 0 bridgehead atoms. The maximum atomic E-state index is 12.0. The van der Waals surface area contributed by atoms with Gasteiger partial charge in [-0.15, -0.1) is 0 Å². The van der Waals surface area contributed by atoms with Crippen LogP contribution in [0.1, 0.15) is 20.3 Å². The largest absolute Gasteiger partial charge is 0.465 e. The van der Waals surface area contributed by atoms with Crippen molar-refractivity contribution in [3.8, 4) is 6.01 Å². The third kappa shape index (κ3) is 3.15. The van der Waals surface area contributed by atoms with Gasteiger partial charge in [0.2, 0.25) is 0 Å². The highest BCUT2D eigenvalue weighted by Gasteiger charge is 2.13. The Kier molecular flexibility index (Phi) is 4.46. The number of ether oxygens (including phenoxy) is 1. The molecule has 0 unspecified atom stereocenters. The first-order valence-electron chi connectivity index (χ1n) is 6.93. The van der Waals surface area contributed by atoms with Gasteiger partial charge in [0.15, 0.2) is 11.2 Å². The molecule has 8 heteroatoms. The number of H-pyrrole nitrogens is 1. The van der Waals surface area contributed by atoms with Gasteiger partial charge in [-0.2, -0.15) is 4.98 Å².